The van der Waals surface area contributed by atoms with Gasteiger partial charge in [-0.15, -0.1) is 0 Å². The SMILES string of the molecule is CN(C)CCOC(=S)NC12CC3CC(CC(C3)C1)C2. The number of ether oxygens (including phenoxy) is 1. The lowest BCUT2D eigenvalue weighted by molar-refractivity contribution is -0.0127. The van der Waals surface area contributed by atoms with Gasteiger partial charge in [-0.25, -0.2) is 0 Å². The molecule has 0 aromatic rings. The molecule has 0 saturated heterocycles. The molecule has 0 radical (unpaired) electrons. The predicted octanol–water partition coefficient (Wildman–Crippen LogP) is 2.41. The molecule has 4 rings (SSSR count). The van der Waals surface area contributed by atoms with Crippen molar-refractivity contribution in [1.82, 2.24) is 10.2 Å². The van der Waals surface area contributed by atoms with Crippen molar-refractivity contribution in [2.45, 2.75) is 44.1 Å². The molecular weight excluding hydrogens is 256 g/mol. The van der Waals surface area contributed by atoms with Crippen LogP contribution in [-0.4, -0.2) is 42.9 Å². The third-order valence-corrected chi connectivity index (χ3v) is 5.40. The molecule has 19 heavy (non-hydrogen) atoms. The maximum Gasteiger partial charge on any atom is 0.257 e. The van der Waals surface area contributed by atoms with E-state index in [1.54, 1.807) is 0 Å². The Hall–Kier alpha value is -0.350. The van der Waals surface area contributed by atoms with E-state index < -0.39 is 0 Å². The fourth-order valence-corrected chi connectivity index (χ4v) is 5.14. The summed E-state index contributed by atoms with van der Waals surface area (Å²) < 4.78 is 5.67. The van der Waals surface area contributed by atoms with Crippen molar-refractivity contribution in [3.63, 3.8) is 0 Å². The van der Waals surface area contributed by atoms with Crippen LogP contribution in [0.4, 0.5) is 0 Å². The van der Waals surface area contributed by atoms with Gasteiger partial charge in [-0.3, -0.25) is 0 Å². The molecule has 4 aliphatic carbocycles. The van der Waals surface area contributed by atoms with E-state index in [0.717, 1.165) is 24.3 Å². The monoisotopic (exact) mass is 282 g/mol. The van der Waals surface area contributed by atoms with Crippen molar-refractivity contribution in [1.29, 1.82) is 0 Å². The van der Waals surface area contributed by atoms with E-state index in [0.29, 0.717) is 11.8 Å². The van der Waals surface area contributed by atoms with Gasteiger partial charge < -0.3 is 15.0 Å². The Labute approximate surface area is 122 Å². The molecule has 3 nitrogen and oxygen atoms in total. The summed E-state index contributed by atoms with van der Waals surface area (Å²) in [6.45, 7) is 1.61. The van der Waals surface area contributed by atoms with Crippen molar-refractivity contribution < 1.29 is 4.74 Å². The van der Waals surface area contributed by atoms with E-state index >= 15 is 0 Å². The molecule has 4 fully saturated rings. The van der Waals surface area contributed by atoms with Crippen molar-refractivity contribution in [2.75, 3.05) is 27.2 Å². The highest BCUT2D eigenvalue weighted by Gasteiger charge is 2.51. The van der Waals surface area contributed by atoms with Crippen LogP contribution in [0.3, 0.4) is 0 Å². The Morgan fingerprint density at radius 1 is 1.16 bits per heavy atom. The smallest absolute Gasteiger partial charge is 0.257 e. The van der Waals surface area contributed by atoms with Crippen LogP contribution in [0.25, 0.3) is 0 Å². The van der Waals surface area contributed by atoms with E-state index in [4.69, 9.17) is 17.0 Å². The second-order valence-corrected chi connectivity index (χ2v) is 7.63. The zero-order valence-corrected chi connectivity index (χ0v) is 13.0. The summed E-state index contributed by atoms with van der Waals surface area (Å²) >= 11 is 5.39. The van der Waals surface area contributed by atoms with Crippen LogP contribution in [-0.2, 0) is 4.74 Å². The first-order chi connectivity index (χ1) is 9.05. The largest absolute Gasteiger partial charge is 0.470 e. The molecule has 0 aliphatic heterocycles. The zero-order chi connectivity index (χ0) is 13.5. The third-order valence-electron chi connectivity index (χ3n) is 5.18. The quantitative estimate of drug-likeness (QED) is 0.800. The number of nitrogens with zero attached hydrogens (tertiary/aromatic N) is 1. The van der Waals surface area contributed by atoms with Crippen molar-refractivity contribution in [2.24, 2.45) is 17.8 Å². The van der Waals surface area contributed by atoms with Gasteiger partial charge >= 0.3 is 0 Å². The van der Waals surface area contributed by atoms with E-state index in [9.17, 15) is 0 Å². The molecule has 1 N–H and O–H groups in total. The molecule has 0 heterocycles. The Kier molecular flexibility index (Phi) is 3.73. The van der Waals surface area contributed by atoms with Gasteiger partial charge in [0.15, 0.2) is 0 Å². The lowest BCUT2D eigenvalue weighted by atomic mass is 9.53. The summed E-state index contributed by atoms with van der Waals surface area (Å²) in [5.74, 6) is 2.84. The standard InChI is InChI=1S/C15H26N2OS/c1-17(2)3-4-18-14(19)16-15-8-11-5-12(9-15)7-13(6-11)10-15/h11-13H,3-10H2,1-2H3,(H,16,19). The molecule has 108 valence electrons. The van der Waals surface area contributed by atoms with Gasteiger partial charge in [-0.05, 0) is 82.6 Å². The number of rotatable bonds is 4. The number of hydrogen-bond acceptors (Lipinski definition) is 3. The molecular formula is C15H26N2OS. The molecule has 0 aromatic heterocycles. The summed E-state index contributed by atoms with van der Waals surface area (Å²) in [4.78, 5) is 2.12. The lowest BCUT2D eigenvalue weighted by Crippen LogP contribution is -2.59. The normalized spacial score (nSPS) is 39.6. The number of hydrogen-bond donors (Lipinski definition) is 1. The predicted molar refractivity (Wildman–Crippen MR) is 81.1 cm³/mol. The summed E-state index contributed by atoms with van der Waals surface area (Å²) in [5, 5.41) is 4.22. The number of thiocarbonyl (C=S) groups is 1. The van der Waals surface area contributed by atoms with Crippen molar-refractivity contribution >= 4 is 17.4 Å². The second kappa shape index (κ2) is 5.21. The van der Waals surface area contributed by atoms with Gasteiger partial charge in [0.05, 0.1) is 0 Å². The van der Waals surface area contributed by atoms with Crippen molar-refractivity contribution in [3.05, 3.63) is 0 Å². The summed E-state index contributed by atoms with van der Waals surface area (Å²) in [6.07, 6.45) is 8.35. The fourth-order valence-electron chi connectivity index (χ4n) is 4.84. The molecule has 4 aliphatic rings. The molecule has 4 bridgehead atoms. The topological polar surface area (TPSA) is 24.5 Å². The van der Waals surface area contributed by atoms with E-state index in [2.05, 4.69) is 24.3 Å². The van der Waals surface area contributed by atoms with E-state index in [-0.39, 0.29) is 5.54 Å². The fraction of sp³-hybridized carbons (Fsp3) is 0.933. The second-order valence-electron chi connectivity index (χ2n) is 7.26. The first-order valence-electron chi connectivity index (χ1n) is 7.64. The summed E-state index contributed by atoms with van der Waals surface area (Å²) in [6, 6.07) is 0. The van der Waals surface area contributed by atoms with Gasteiger partial charge in [0.1, 0.15) is 6.61 Å². The first-order valence-corrected chi connectivity index (χ1v) is 8.05. The van der Waals surface area contributed by atoms with Crippen LogP contribution in [0.15, 0.2) is 0 Å². The van der Waals surface area contributed by atoms with Gasteiger partial charge in [0.2, 0.25) is 0 Å². The van der Waals surface area contributed by atoms with Crippen LogP contribution >= 0.6 is 12.2 Å². The Morgan fingerprint density at radius 3 is 2.16 bits per heavy atom. The minimum atomic E-state index is 0.282. The number of likely N-dealkylation sites (N-methyl/N-ethyl adjacent to an activating group) is 1. The Bertz CT molecular complexity index is 321. The highest BCUT2D eigenvalue weighted by atomic mass is 32.1. The molecule has 0 amide bonds. The molecule has 0 spiro atoms. The maximum absolute atomic E-state index is 5.67. The highest BCUT2D eigenvalue weighted by molar-refractivity contribution is 7.80. The van der Waals surface area contributed by atoms with Gasteiger partial charge in [-0.2, -0.15) is 0 Å². The third kappa shape index (κ3) is 3.05. The minimum absolute atomic E-state index is 0.282. The van der Waals surface area contributed by atoms with E-state index in [1.807, 2.05) is 0 Å². The number of nitrogens with one attached hydrogen (secondary N) is 1. The zero-order valence-electron chi connectivity index (χ0n) is 12.2. The average molecular weight is 282 g/mol. The highest BCUT2D eigenvalue weighted by Crippen LogP contribution is 2.55. The van der Waals surface area contributed by atoms with Crippen LogP contribution in [0.2, 0.25) is 0 Å². The first kappa shape index (κ1) is 13.6. The average Bonchev–Trinajstić information content (AvgIpc) is 2.25. The van der Waals surface area contributed by atoms with Gasteiger partial charge in [0.25, 0.3) is 5.17 Å². The molecule has 0 unspecified atom stereocenters. The van der Waals surface area contributed by atoms with E-state index in [1.165, 1.54) is 38.5 Å². The van der Waals surface area contributed by atoms with Crippen LogP contribution in [0.5, 0.6) is 0 Å². The van der Waals surface area contributed by atoms with Crippen LogP contribution < -0.4 is 5.32 Å². The van der Waals surface area contributed by atoms with Gasteiger partial charge in [0, 0.05) is 12.1 Å². The minimum Gasteiger partial charge on any atom is -0.470 e. The van der Waals surface area contributed by atoms with Crippen molar-refractivity contribution in [3.8, 4) is 0 Å². The summed E-state index contributed by atoms with van der Waals surface area (Å²) in [5.41, 5.74) is 0.282. The maximum atomic E-state index is 5.67. The summed E-state index contributed by atoms with van der Waals surface area (Å²) in [7, 11) is 4.11. The Balaban J connectivity index is 1.53. The molecule has 4 saturated carbocycles. The molecule has 0 atom stereocenters. The molecule has 4 heteroatoms. The van der Waals surface area contributed by atoms with Crippen LogP contribution in [0.1, 0.15) is 38.5 Å². The van der Waals surface area contributed by atoms with Crippen LogP contribution in [0, 0.1) is 17.8 Å². The molecule has 0 aromatic carbocycles. The Morgan fingerprint density at radius 2 is 1.68 bits per heavy atom. The van der Waals surface area contributed by atoms with Gasteiger partial charge in [-0.1, -0.05) is 0 Å². The lowest BCUT2D eigenvalue weighted by Gasteiger charge is -2.57.